The Labute approximate surface area is 135 Å². The molecular weight excluding hydrogens is 294 g/mol. The number of hydrogen-bond acceptors (Lipinski definition) is 5. The minimum Gasteiger partial charge on any atom is -0.496 e. The Kier molecular flexibility index (Phi) is 4.18. The summed E-state index contributed by atoms with van der Waals surface area (Å²) in [4.78, 5) is 18.3. The van der Waals surface area contributed by atoms with Gasteiger partial charge in [0.2, 0.25) is 11.9 Å². The van der Waals surface area contributed by atoms with Crippen molar-refractivity contribution in [2.75, 3.05) is 30.4 Å². The Bertz CT molecular complexity index is 708. The lowest BCUT2D eigenvalue weighted by molar-refractivity contribution is -0.117. The number of aromatic nitrogens is 3. The molecule has 1 amide bonds. The van der Waals surface area contributed by atoms with E-state index in [0.717, 1.165) is 30.1 Å². The lowest BCUT2D eigenvalue weighted by Gasteiger charge is -2.27. The summed E-state index contributed by atoms with van der Waals surface area (Å²) in [5.74, 6) is 1.17. The molecule has 1 atom stereocenters. The van der Waals surface area contributed by atoms with Crippen LogP contribution in [0, 0.1) is 0 Å². The zero-order valence-corrected chi connectivity index (χ0v) is 13.6. The van der Waals surface area contributed by atoms with E-state index >= 15 is 0 Å². The van der Waals surface area contributed by atoms with Crippen LogP contribution in [0.15, 0.2) is 24.5 Å². The maximum absolute atomic E-state index is 11.9. The number of nitrogens with one attached hydrogen (secondary N) is 1. The van der Waals surface area contributed by atoms with Crippen molar-refractivity contribution < 1.29 is 9.53 Å². The lowest BCUT2D eigenvalue weighted by Crippen LogP contribution is -2.29. The van der Waals surface area contributed by atoms with Crippen LogP contribution in [0.3, 0.4) is 0 Å². The van der Waals surface area contributed by atoms with Crippen molar-refractivity contribution in [2.24, 2.45) is 0 Å². The lowest BCUT2D eigenvalue weighted by atomic mass is 10.0. The van der Waals surface area contributed by atoms with Crippen molar-refractivity contribution in [1.29, 1.82) is 0 Å². The molecule has 1 N–H and O–H groups in total. The number of carbonyl (C=O) groups is 1. The van der Waals surface area contributed by atoms with E-state index in [1.54, 1.807) is 11.8 Å². The number of fused-ring (bicyclic) bond motifs is 1. The predicted molar refractivity (Wildman–Crippen MR) is 88.0 cm³/mol. The van der Waals surface area contributed by atoms with Gasteiger partial charge >= 0.3 is 0 Å². The van der Waals surface area contributed by atoms with E-state index in [9.17, 15) is 4.79 Å². The fourth-order valence-electron chi connectivity index (χ4n) is 3.01. The van der Waals surface area contributed by atoms with Gasteiger partial charge in [0.1, 0.15) is 12.1 Å². The first-order valence-corrected chi connectivity index (χ1v) is 7.80. The van der Waals surface area contributed by atoms with Crippen LogP contribution in [0.5, 0.6) is 5.75 Å². The normalized spacial score (nSPS) is 16.7. The molecule has 1 aliphatic rings. The molecule has 0 radical (unpaired) electrons. The second kappa shape index (κ2) is 6.28. The Morgan fingerprint density at radius 1 is 1.39 bits per heavy atom. The van der Waals surface area contributed by atoms with Gasteiger partial charge < -0.3 is 9.64 Å². The van der Waals surface area contributed by atoms with Crippen LogP contribution >= 0.6 is 0 Å². The van der Waals surface area contributed by atoms with Gasteiger partial charge in [0.15, 0.2) is 0 Å². The highest BCUT2D eigenvalue weighted by atomic mass is 16.5. The highest BCUT2D eigenvalue weighted by molar-refractivity contribution is 5.91. The van der Waals surface area contributed by atoms with Crippen molar-refractivity contribution in [3.8, 4) is 5.75 Å². The van der Waals surface area contributed by atoms with Crippen molar-refractivity contribution in [2.45, 2.75) is 26.3 Å². The largest absolute Gasteiger partial charge is 0.496 e. The quantitative estimate of drug-likeness (QED) is 0.914. The van der Waals surface area contributed by atoms with Gasteiger partial charge in [0, 0.05) is 30.4 Å². The number of benzene rings is 1. The number of rotatable bonds is 5. The molecular formula is C16H21N5O2. The van der Waals surface area contributed by atoms with Gasteiger partial charge in [-0.2, -0.15) is 10.1 Å². The molecule has 3 rings (SSSR count). The fourth-order valence-corrected chi connectivity index (χ4v) is 3.01. The second-order valence-corrected chi connectivity index (χ2v) is 5.39. The molecule has 0 saturated carbocycles. The molecule has 23 heavy (non-hydrogen) atoms. The number of ether oxygens (including phenoxy) is 1. The van der Waals surface area contributed by atoms with E-state index < -0.39 is 0 Å². The van der Waals surface area contributed by atoms with E-state index in [4.69, 9.17) is 4.74 Å². The molecule has 2 aromatic rings. The summed E-state index contributed by atoms with van der Waals surface area (Å²) in [5.41, 5.74) is 2.04. The number of amides is 1. The van der Waals surface area contributed by atoms with Crippen LogP contribution in [0.1, 0.15) is 31.9 Å². The number of carbonyl (C=O) groups excluding carboxylic acids is 1. The molecule has 7 nitrogen and oxygen atoms in total. The molecule has 0 saturated heterocycles. The van der Waals surface area contributed by atoms with Gasteiger partial charge in [-0.1, -0.05) is 6.07 Å². The van der Waals surface area contributed by atoms with E-state index in [-0.39, 0.29) is 11.9 Å². The number of nitrogens with zero attached hydrogens (tertiary/aromatic N) is 4. The summed E-state index contributed by atoms with van der Waals surface area (Å²) in [6.07, 6.45) is 1.77. The fraction of sp³-hybridized carbons (Fsp3) is 0.438. The summed E-state index contributed by atoms with van der Waals surface area (Å²) in [7, 11) is 1.65. The highest BCUT2D eigenvalue weighted by Gasteiger charge is 2.29. The summed E-state index contributed by atoms with van der Waals surface area (Å²) in [6, 6.07) is 5.89. The SMILES string of the molecule is CCN(CC)c1ccc([C@H]2CC(=O)Nc3ncnn32)c(OC)c1. The summed E-state index contributed by atoms with van der Waals surface area (Å²) in [5, 5.41) is 6.97. The minimum atomic E-state index is -0.207. The molecule has 0 spiro atoms. The standard InChI is InChI=1S/C16H21N5O2/c1-4-20(5-2)11-6-7-12(14(8-11)23-3)13-9-15(22)19-16-17-10-18-21(13)16/h6-8,10,13H,4-5,9H2,1-3H3,(H,17,18,19,22)/t13-/m1/s1. The zero-order valence-electron chi connectivity index (χ0n) is 13.6. The third kappa shape index (κ3) is 2.74. The Hall–Kier alpha value is -2.57. The van der Waals surface area contributed by atoms with Crippen LogP contribution in [0.4, 0.5) is 11.6 Å². The molecule has 1 aliphatic heterocycles. The minimum absolute atomic E-state index is 0.0645. The van der Waals surface area contributed by atoms with Crippen molar-refractivity contribution >= 4 is 17.5 Å². The number of hydrogen-bond donors (Lipinski definition) is 1. The maximum Gasteiger partial charge on any atom is 0.229 e. The third-order valence-corrected chi connectivity index (χ3v) is 4.20. The second-order valence-electron chi connectivity index (χ2n) is 5.39. The first-order valence-electron chi connectivity index (χ1n) is 7.80. The third-order valence-electron chi connectivity index (χ3n) is 4.20. The molecule has 1 aromatic carbocycles. The molecule has 122 valence electrons. The van der Waals surface area contributed by atoms with E-state index in [2.05, 4.69) is 40.2 Å². The van der Waals surface area contributed by atoms with Crippen molar-refractivity contribution in [1.82, 2.24) is 14.8 Å². The van der Waals surface area contributed by atoms with Gasteiger partial charge in [-0.15, -0.1) is 0 Å². The summed E-state index contributed by atoms with van der Waals surface area (Å²) >= 11 is 0. The topological polar surface area (TPSA) is 72.3 Å². The predicted octanol–water partition coefficient (Wildman–Crippen LogP) is 2.06. The van der Waals surface area contributed by atoms with E-state index in [1.165, 1.54) is 6.33 Å². The monoisotopic (exact) mass is 315 g/mol. The average Bonchev–Trinajstić information content (AvgIpc) is 3.03. The van der Waals surface area contributed by atoms with E-state index in [0.29, 0.717) is 12.4 Å². The molecule has 0 bridgehead atoms. The summed E-state index contributed by atoms with van der Waals surface area (Å²) < 4.78 is 7.32. The van der Waals surface area contributed by atoms with Gasteiger partial charge in [-0.05, 0) is 19.9 Å². The smallest absolute Gasteiger partial charge is 0.229 e. The first-order chi connectivity index (χ1) is 11.2. The van der Waals surface area contributed by atoms with Crippen LogP contribution in [0.25, 0.3) is 0 Å². The van der Waals surface area contributed by atoms with Gasteiger partial charge in [0.25, 0.3) is 0 Å². The van der Waals surface area contributed by atoms with Crippen LogP contribution in [-0.2, 0) is 4.79 Å². The molecule has 0 aliphatic carbocycles. The van der Waals surface area contributed by atoms with Crippen molar-refractivity contribution in [3.63, 3.8) is 0 Å². The van der Waals surface area contributed by atoms with Gasteiger partial charge in [-0.25, -0.2) is 4.68 Å². The Balaban J connectivity index is 2.02. The number of methoxy groups -OCH3 is 1. The first kappa shape index (κ1) is 15.3. The summed E-state index contributed by atoms with van der Waals surface area (Å²) in [6.45, 7) is 6.10. The molecule has 0 unspecified atom stereocenters. The molecule has 2 heterocycles. The van der Waals surface area contributed by atoms with Crippen LogP contribution in [-0.4, -0.2) is 40.9 Å². The van der Waals surface area contributed by atoms with Gasteiger partial charge in [0.05, 0.1) is 19.6 Å². The Morgan fingerprint density at radius 2 is 2.17 bits per heavy atom. The van der Waals surface area contributed by atoms with Gasteiger partial charge in [-0.3, -0.25) is 10.1 Å². The zero-order chi connectivity index (χ0) is 16.4. The van der Waals surface area contributed by atoms with Crippen molar-refractivity contribution in [3.05, 3.63) is 30.1 Å². The van der Waals surface area contributed by atoms with Crippen LogP contribution in [0.2, 0.25) is 0 Å². The molecule has 1 aromatic heterocycles. The molecule has 0 fully saturated rings. The molecule has 7 heteroatoms. The maximum atomic E-state index is 11.9. The average molecular weight is 315 g/mol. The van der Waals surface area contributed by atoms with E-state index in [1.807, 2.05) is 12.1 Å². The number of anilines is 2. The Morgan fingerprint density at radius 3 is 2.87 bits per heavy atom. The van der Waals surface area contributed by atoms with Crippen LogP contribution < -0.4 is 15.0 Å². The highest BCUT2D eigenvalue weighted by Crippen LogP contribution is 2.36.